The number of amides is 2. The first-order valence-corrected chi connectivity index (χ1v) is 6.52. The third-order valence-corrected chi connectivity index (χ3v) is 3.11. The number of nitrogens with one attached hydrogen (secondary N) is 2. The van der Waals surface area contributed by atoms with Gasteiger partial charge in [0.05, 0.1) is 0 Å². The highest BCUT2D eigenvalue weighted by Gasteiger charge is 2.23. The van der Waals surface area contributed by atoms with Gasteiger partial charge in [-0.2, -0.15) is 0 Å². The lowest BCUT2D eigenvalue weighted by Gasteiger charge is -2.11. The first-order chi connectivity index (χ1) is 9.10. The minimum absolute atomic E-state index is 0.0922. The minimum Gasteiger partial charge on any atom is -0.349 e. The fraction of sp³-hybridized carbons (Fsp3) is 0.429. The van der Waals surface area contributed by atoms with Crippen molar-refractivity contribution in [3.8, 4) is 0 Å². The molecule has 0 aromatic heterocycles. The van der Waals surface area contributed by atoms with Crippen molar-refractivity contribution >= 4 is 17.5 Å². The number of nitrogens with two attached hydrogens (primary N) is 1. The second kappa shape index (κ2) is 5.84. The molecular weight excluding hydrogens is 242 g/mol. The lowest BCUT2D eigenvalue weighted by molar-refractivity contribution is -0.119. The molecule has 5 nitrogen and oxygen atoms in total. The van der Waals surface area contributed by atoms with E-state index < -0.39 is 0 Å². The van der Waals surface area contributed by atoms with Gasteiger partial charge in [0.1, 0.15) is 0 Å². The number of hydrogen-bond donors (Lipinski definition) is 3. The molecule has 0 spiro atoms. The first kappa shape index (κ1) is 13.5. The Morgan fingerprint density at radius 2 is 2.16 bits per heavy atom. The summed E-state index contributed by atoms with van der Waals surface area (Å²) < 4.78 is 0. The fourth-order valence-corrected chi connectivity index (χ4v) is 1.61. The molecule has 19 heavy (non-hydrogen) atoms. The number of carbonyl (C=O) groups is 2. The first-order valence-electron chi connectivity index (χ1n) is 6.52. The monoisotopic (exact) mass is 261 g/mol. The molecule has 0 aliphatic heterocycles. The summed E-state index contributed by atoms with van der Waals surface area (Å²) in [7, 11) is 0. The van der Waals surface area contributed by atoms with Gasteiger partial charge in [-0.15, -0.1) is 0 Å². The predicted molar refractivity (Wildman–Crippen MR) is 73.8 cm³/mol. The normalized spacial score (nSPS) is 15.7. The zero-order chi connectivity index (χ0) is 13.8. The van der Waals surface area contributed by atoms with Crippen molar-refractivity contribution < 1.29 is 9.59 Å². The zero-order valence-electron chi connectivity index (χ0n) is 11.0. The van der Waals surface area contributed by atoms with E-state index in [9.17, 15) is 9.59 Å². The molecule has 1 unspecified atom stereocenters. The van der Waals surface area contributed by atoms with Gasteiger partial charge in [0.2, 0.25) is 5.91 Å². The van der Waals surface area contributed by atoms with Crippen LogP contribution in [0.2, 0.25) is 0 Å². The van der Waals surface area contributed by atoms with Crippen LogP contribution in [0.4, 0.5) is 5.69 Å². The molecule has 1 aliphatic rings. The number of anilines is 1. The maximum Gasteiger partial charge on any atom is 0.251 e. The minimum atomic E-state index is -0.246. The average molecular weight is 261 g/mol. The summed E-state index contributed by atoms with van der Waals surface area (Å²) in [6.07, 6.45) is 2.10. The van der Waals surface area contributed by atoms with Crippen LogP contribution in [0.15, 0.2) is 24.3 Å². The number of benzene rings is 1. The SMILES string of the molecule is CC(CN)C(=O)Nc1cccc(C(=O)NC2CC2)c1. The van der Waals surface area contributed by atoms with Gasteiger partial charge in [0.25, 0.3) is 5.91 Å². The Kier molecular flexibility index (Phi) is 4.16. The van der Waals surface area contributed by atoms with Crippen LogP contribution in [-0.4, -0.2) is 24.4 Å². The van der Waals surface area contributed by atoms with Crippen molar-refractivity contribution in [1.29, 1.82) is 0 Å². The zero-order valence-corrected chi connectivity index (χ0v) is 11.0. The second-order valence-electron chi connectivity index (χ2n) is 4.95. The highest BCUT2D eigenvalue weighted by atomic mass is 16.2. The molecule has 1 aromatic carbocycles. The summed E-state index contributed by atoms with van der Waals surface area (Å²) in [5, 5.41) is 5.67. The molecule has 0 heterocycles. The van der Waals surface area contributed by atoms with E-state index in [-0.39, 0.29) is 17.7 Å². The molecule has 1 saturated carbocycles. The summed E-state index contributed by atoms with van der Waals surface area (Å²) in [4.78, 5) is 23.6. The van der Waals surface area contributed by atoms with Gasteiger partial charge in [-0.1, -0.05) is 13.0 Å². The van der Waals surface area contributed by atoms with Crippen molar-refractivity contribution in [1.82, 2.24) is 5.32 Å². The van der Waals surface area contributed by atoms with Crippen LogP contribution < -0.4 is 16.4 Å². The van der Waals surface area contributed by atoms with E-state index in [0.29, 0.717) is 23.8 Å². The Balaban J connectivity index is 2.01. The Hall–Kier alpha value is -1.88. The van der Waals surface area contributed by atoms with E-state index in [1.165, 1.54) is 0 Å². The van der Waals surface area contributed by atoms with Crippen molar-refractivity contribution in [2.45, 2.75) is 25.8 Å². The highest BCUT2D eigenvalue weighted by molar-refractivity contribution is 5.97. The van der Waals surface area contributed by atoms with Crippen LogP contribution in [-0.2, 0) is 4.79 Å². The van der Waals surface area contributed by atoms with Crippen LogP contribution in [0.25, 0.3) is 0 Å². The van der Waals surface area contributed by atoms with Crippen molar-refractivity contribution in [3.05, 3.63) is 29.8 Å². The van der Waals surface area contributed by atoms with Gasteiger partial charge in [-0.3, -0.25) is 9.59 Å². The molecule has 4 N–H and O–H groups in total. The van der Waals surface area contributed by atoms with Gasteiger partial charge >= 0.3 is 0 Å². The smallest absolute Gasteiger partial charge is 0.251 e. The molecule has 0 radical (unpaired) electrons. The van der Waals surface area contributed by atoms with Crippen LogP contribution in [0.1, 0.15) is 30.1 Å². The molecule has 5 heteroatoms. The van der Waals surface area contributed by atoms with Crippen molar-refractivity contribution in [2.24, 2.45) is 11.7 Å². The van der Waals surface area contributed by atoms with E-state index in [4.69, 9.17) is 5.73 Å². The summed E-state index contributed by atoms with van der Waals surface area (Å²) in [5.74, 6) is -0.475. The summed E-state index contributed by atoms with van der Waals surface area (Å²) >= 11 is 0. The van der Waals surface area contributed by atoms with Crippen LogP contribution in [0.3, 0.4) is 0 Å². The fourth-order valence-electron chi connectivity index (χ4n) is 1.61. The largest absolute Gasteiger partial charge is 0.349 e. The number of rotatable bonds is 5. The molecule has 1 atom stereocenters. The van der Waals surface area contributed by atoms with Crippen LogP contribution in [0, 0.1) is 5.92 Å². The van der Waals surface area contributed by atoms with E-state index >= 15 is 0 Å². The molecule has 0 saturated heterocycles. The van der Waals surface area contributed by atoms with Crippen molar-refractivity contribution in [2.75, 3.05) is 11.9 Å². The third-order valence-electron chi connectivity index (χ3n) is 3.11. The molecule has 1 fully saturated rings. The Morgan fingerprint density at radius 3 is 2.79 bits per heavy atom. The molecule has 102 valence electrons. The quantitative estimate of drug-likeness (QED) is 0.742. The van der Waals surface area contributed by atoms with E-state index in [2.05, 4.69) is 10.6 Å². The maximum atomic E-state index is 11.9. The lowest BCUT2D eigenvalue weighted by atomic mass is 10.1. The van der Waals surface area contributed by atoms with Gasteiger partial charge in [-0.25, -0.2) is 0 Å². The lowest BCUT2D eigenvalue weighted by Crippen LogP contribution is -2.27. The van der Waals surface area contributed by atoms with Gasteiger partial charge < -0.3 is 16.4 Å². The average Bonchev–Trinajstić information content (AvgIpc) is 3.22. The van der Waals surface area contributed by atoms with Gasteiger partial charge in [0, 0.05) is 29.8 Å². The Bertz CT molecular complexity index is 483. The number of carbonyl (C=O) groups excluding carboxylic acids is 2. The van der Waals surface area contributed by atoms with E-state index in [0.717, 1.165) is 12.8 Å². The van der Waals surface area contributed by atoms with Gasteiger partial charge in [-0.05, 0) is 31.0 Å². The molecule has 2 rings (SSSR count). The molecule has 2 amide bonds. The van der Waals surface area contributed by atoms with Crippen LogP contribution in [0.5, 0.6) is 0 Å². The van der Waals surface area contributed by atoms with Crippen molar-refractivity contribution in [3.63, 3.8) is 0 Å². The Labute approximate surface area is 112 Å². The molecule has 1 aliphatic carbocycles. The number of hydrogen-bond acceptors (Lipinski definition) is 3. The summed E-state index contributed by atoms with van der Waals surface area (Å²) in [6, 6.07) is 7.25. The third kappa shape index (κ3) is 3.79. The molecular formula is C14H19N3O2. The molecule has 1 aromatic rings. The van der Waals surface area contributed by atoms with Crippen LogP contribution >= 0.6 is 0 Å². The maximum absolute atomic E-state index is 11.9. The summed E-state index contributed by atoms with van der Waals surface area (Å²) in [6.45, 7) is 2.06. The Morgan fingerprint density at radius 1 is 1.42 bits per heavy atom. The second-order valence-corrected chi connectivity index (χ2v) is 4.95. The van der Waals surface area contributed by atoms with E-state index in [1.54, 1.807) is 31.2 Å². The highest BCUT2D eigenvalue weighted by Crippen LogP contribution is 2.20. The topological polar surface area (TPSA) is 84.2 Å². The molecule has 0 bridgehead atoms. The van der Waals surface area contributed by atoms with E-state index in [1.807, 2.05) is 0 Å². The summed E-state index contributed by atoms with van der Waals surface area (Å²) in [5.41, 5.74) is 6.62. The van der Waals surface area contributed by atoms with Gasteiger partial charge in [0.15, 0.2) is 0 Å². The standard InChI is InChI=1S/C14H19N3O2/c1-9(8-15)13(18)17-12-4-2-3-10(7-12)14(19)16-11-5-6-11/h2-4,7,9,11H,5-6,8,15H2,1H3,(H,16,19)(H,17,18). The predicted octanol–water partition coefficient (Wildman–Crippen LogP) is 1.11.